The minimum atomic E-state index is 0. The third-order valence-electron chi connectivity index (χ3n) is 3.04. The zero-order valence-electron chi connectivity index (χ0n) is 7.39. The van der Waals surface area contributed by atoms with E-state index >= 15 is 0 Å². The van der Waals surface area contributed by atoms with E-state index in [1.54, 1.807) is 0 Å². The van der Waals surface area contributed by atoms with E-state index < -0.39 is 0 Å². The van der Waals surface area contributed by atoms with E-state index in [9.17, 15) is 0 Å². The lowest BCUT2D eigenvalue weighted by Gasteiger charge is -2.13. The molecule has 2 atom stereocenters. The van der Waals surface area contributed by atoms with E-state index in [4.69, 9.17) is 0 Å². The van der Waals surface area contributed by atoms with Crippen molar-refractivity contribution >= 4 is 12.4 Å². The minimum absolute atomic E-state index is 0. The molecule has 2 aliphatic rings. The SMILES string of the molecule is CC(C)CC12CNCC1C2.Cl. The van der Waals surface area contributed by atoms with Crippen LogP contribution in [0.1, 0.15) is 26.7 Å². The standard InChI is InChI=1S/C9H17N.ClH/c1-7(2)3-9-4-8(9)5-10-6-9;/h7-8,10H,3-6H2,1-2H3;1H. The van der Waals surface area contributed by atoms with Crippen molar-refractivity contribution in [1.29, 1.82) is 0 Å². The van der Waals surface area contributed by atoms with Crippen LogP contribution >= 0.6 is 12.4 Å². The number of hydrogen-bond acceptors (Lipinski definition) is 1. The average Bonchev–Trinajstić information content (AvgIpc) is 2.33. The number of halogens is 1. The van der Waals surface area contributed by atoms with Gasteiger partial charge < -0.3 is 5.32 Å². The maximum absolute atomic E-state index is 3.47. The van der Waals surface area contributed by atoms with Crippen molar-refractivity contribution in [2.75, 3.05) is 13.1 Å². The van der Waals surface area contributed by atoms with Gasteiger partial charge in [0.2, 0.25) is 0 Å². The average molecular weight is 176 g/mol. The van der Waals surface area contributed by atoms with Crippen LogP contribution in [0.2, 0.25) is 0 Å². The maximum Gasteiger partial charge on any atom is 0.00113 e. The van der Waals surface area contributed by atoms with Crippen LogP contribution in [0.15, 0.2) is 0 Å². The lowest BCUT2D eigenvalue weighted by atomic mass is 9.94. The van der Waals surface area contributed by atoms with Gasteiger partial charge in [0.1, 0.15) is 0 Å². The van der Waals surface area contributed by atoms with Gasteiger partial charge in [-0.1, -0.05) is 13.8 Å². The van der Waals surface area contributed by atoms with Gasteiger partial charge in [-0.3, -0.25) is 0 Å². The van der Waals surface area contributed by atoms with Gasteiger partial charge in [-0.05, 0) is 36.6 Å². The zero-order valence-corrected chi connectivity index (χ0v) is 8.21. The Labute approximate surface area is 75.4 Å². The van der Waals surface area contributed by atoms with E-state index in [0.717, 1.165) is 17.3 Å². The lowest BCUT2D eigenvalue weighted by Crippen LogP contribution is -2.17. The summed E-state index contributed by atoms with van der Waals surface area (Å²) in [5.74, 6) is 1.94. The Hall–Kier alpha value is 0.250. The van der Waals surface area contributed by atoms with Gasteiger partial charge >= 0.3 is 0 Å². The molecular formula is C9H18ClN. The Morgan fingerprint density at radius 1 is 1.55 bits per heavy atom. The molecule has 2 rings (SSSR count). The minimum Gasteiger partial charge on any atom is -0.316 e. The van der Waals surface area contributed by atoms with Crippen LogP contribution in [0.3, 0.4) is 0 Å². The first-order chi connectivity index (χ1) is 4.73. The molecule has 1 nitrogen and oxygen atoms in total. The first-order valence-electron chi connectivity index (χ1n) is 4.44. The topological polar surface area (TPSA) is 12.0 Å². The van der Waals surface area contributed by atoms with Crippen molar-refractivity contribution in [3.8, 4) is 0 Å². The van der Waals surface area contributed by atoms with Crippen molar-refractivity contribution in [3.05, 3.63) is 0 Å². The van der Waals surface area contributed by atoms with Gasteiger partial charge in [-0.15, -0.1) is 12.4 Å². The summed E-state index contributed by atoms with van der Waals surface area (Å²) in [6.45, 7) is 7.27. The summed E-state index contributed by atoms with van der Waals surface area (Å²) in [5.41, 5.74) is 0.772. The molecule has 0 amide bonds. The highest BCUT2D eigenvalue weighted by atomic mass is 35.5. The first kappa shape index (κ1) is 9.34. The van der Waals surface area contributed by atoms with Crippen LogP contribution in [0.4, 0.5) is 0 Å². The summed E-state index contributed by atoms with van der Waals surface area (Å²) >= 11 is 0. The normalized spacial score (nSPS) is 40.1. The van der Waals surface area contributed by atoms with Crippen molar-refractivity contribution < 1.29 is 0 Å². The molecule has 1 aliphatic heterocycles. The number of nitrogens with one attached hydrogen (secondary N) is 1. The van der Waals surface area contributed by atoms with Crippen LogP contribution < -0.4 is 5.32 Å². The van der Waals surface area contributed by atoms with Crippen LogP contribution in [-0.2, 0) is 0 Å². The Bertz CT molecular complexity index is 146. The molecule has 11 heavy (non-hydrogen) atoms. The van der Waals surface area contributed by atoms with Crippen molar-refractivity contribution in [1.82, 2.24) is 5.32 Å². The Morgan fingerprint density at radius 2 is 2.27 bits per heavy atom. The number of fused-ring (bicyclic) bond motifs is 1. The molecule has 1 saturated carbocycles. The van der Waals surface area contributed by atoms with Gasteiger partial charge in [0.25, 0.3) is 0 Å². The highest BCUT2D eigenvalue weighted by Crippen LogP contribution is 2.58. The van der Waals surface area contributed by atoms with Crippen LogP contribution in [-0.4, -0.2) is 13.1 Å². The quantitative estimate of drug-likeness (QED) is 0.678. The molecule has 2 heteroatoms. The molecular weight excluding hydrogens is 158 g/mol. The van der Waals surface area contributed by atoms with Gasteiger partial charge in [0.05, 0.1) is 0 Å². The van der Waals surface area contributed by atoms with Gasteiger partial charge in [0, 0.05) is 6.54 Å². The van der Waals surface area contributed by atoms with Crippen LogP contribution in [0.25, 0.3) is 0 Å². The molecule has 66 valence electrons. The number of piperidine rings is 1. The molecule has 0 radical (unpaired) electrons. The summed E-state index contributed by atoms with van der Waals surface area (Å²) in [5, 5.41) is 3.47. The second-order valence-corrected chi connectivity index (χ2v) is 4.49. The highest BCUT2D eigenvalue weighted by Gasteiger charge is 2.56. The van der Waals surface area contributed by atoms with Crippen molar-refractivity contribution in [3.63, 3.8) is 0 Å². The van der Waals surface area contributed by atoms with Crippen LogP contribution in [0, 0.1) is 17.3 Å². The third kappa shape index (κ3) is 1.54. The fourth-order valence-electron chi connectivity index (χ4n) is 2.57. The van der Waals surface area contributed by atoms with E-state index in [0.29, 0.717) is 0 Å². The van der Waals surface area contributed by atoms with E-state index in [1.165, 1.54) is 25.9 Å². The Morgan fingerprint density at radius 3 is 2.64 bits per heavy atom. The fourth-order valence-corrected chi connectivity index (χ4v) is 2.57. The molecule has 0 spiro atoms. The van der Waals surface area contributed by atoms with E-state index in [1.807, 2.05) is 0 Å². The number of hydrogen-bond donors (Lipinski definition) is 1. The van der Waals surface area contributed by atoms with Crippen molar-refractivity contribution in [2.24, 2.45) is 17.3 Å². The second kappa shape index (κ2) is 2.95. The molecule has 0 bridgehead atoms. The predicted octanol–water partition coefficient (Wildman–Crippen LogP) is 2.06. The predicted molar refractivity (Wildman–Crippen MR) is 50.1 cm³/mol. The summed E-state index contributed by atoms with van der Waals surface area (Å²) in [4.78, 5) is 0. The van der Waals surface area contributed by atoms with Gasteiger partial charge in [-0.25, -0.2) is 0 Å². The Kier molecular flexibility index (Phi) is 2.50. The van der Waals surface area contributed by atoms with Gasteiger partial charge in [0.15, 0.2) is 0 Å². The first-order valence-corrected chi connectivity index (χ1v) is 4.44. The second-order valence-electron chi connectivity index (χ2n) is 4.49. The molecule has 1 aliphatic carbocycles. The summed E-state index contributed by atoms with van der Waals surface area (Å²) in [6, 6.07) is 0. The number of rotatable bonds is 2. The maximum atomic E-state index is 3.47. The zero-order chi connectivity index (χ0) is 7.19. The monoisotopic (exact) mass is 175 g/mol. The summed E-state index contributed by atoms with van der Waals surface area (Å²) < 4.78 is 0. The molecule has 0 aromatic carbocycles. The fraction of sp³-hybridized carbons (Fsp3) is 1.00. The van der Waals surface area contributed by atoms with Crippen LogP contribution in [0.5, 0.6) is 0 Å². The molecule has 1 saturated heterocycles. The van der Waals surface area contributed by atoms with E-state index in [-0.39, 0.29) is 12.4 Å². The molecule has 2 unspecified atom stereocenters. The Balaban J connectivity index is 0.000000605. The van der Waals surface area contributed by atoms with Gasteiger partial charge in [-0.2, -0.15) is 0 Å². The van der Waals surface area contributed by atoms with Crippen molar-refractivity contribution in [2.45, 2.75) is 26.7 Å². The lowest BCUT2D eigenvalue weighted by molar-refractivity contribution is 0.393. The molecule has 0 aromatic rings. The summed E-state index contributed by atoms with van der Waals surface area (Å²) in [6.07, 6.45) is 2.96. The molecule has 1 N–H and O–H groups in total. The third-order valence-corrected chi connectivity index (χ3v) is 3.04. The smallest absolute Gasteiger partial charge is 0.00113 e. The molecule has 2 fully saturated rings. The largest absolute Gasteiger partial charge is 0.316 e. The molecule has 1 heterocycles. The molecule has 0 aromatic heterocycles. The van der Waals surface area contributed by atoms with E-state index in [2.05, 4.69) is 19.2 Å². The highest BCUT2D eigenvalue weighted by molar-refractivity contribution is 5.85. The summed E-state index contributed by atoms with van der Waals surface area (Å²) in [7, 11) is 0.